The number of aromatic amines is 1. The van der Waals surface area contributed by atoms with E-state index < -0.39 is 0 Å². The van der Waals surface area contributed by atoms with Gasteiger partial charge < -0.3 is 5.32 Å². The van der Waals surface area contributed by atoms with Crippen molar-refractivity contribution >= 4 is 23.4 Å². The highest BCUT2D eigenvalue weighted by Crippen LogP contribution is 2.36. The van der Waals surface area contributed by atoms with Gasteiger partial charge >= 0.3 is 0 Å². The Hall–Kier alpha value is -3.45. The zero-order valence-electron chi connectivity index (χ0n) is 14.8. The number of tetrazole rings is 1. The van der Waals surface area contributed by atoms with Crippen LogP contribution in [0.15, 0.2) is 89.8 Å². The predicted molar refractivity (Wildman–Crippen MR) is 110 cm³/mol. The second-order valence-corrected chi connectivity index (χ2v) is 7.21. The molecule has 0 aliphatic heterocycles. The van der Waals surface area contributed by atoms with E-state index in [4.69, 9.17) is 0 Å². The molecule has 138 valence electrons. The van der Waals surface area contributed by atoms with Crippen LogP contribution >= 0.6 is 11.8 Å². The summed E-state index contributed by atoms with van der Waals surface area (Å²) in [4.78, 5) is 14.2. The Bertz CT molecular complexity index is 1040. The van der Waals surface area contributed by atoms with Gasteiger partial charge in [0.05, 0.1) is 0 Å². The number of H-pyrrole nitrogens is 1. The van der Waals surface area contributed by atoms with E-state index in [0.717, 1.165) is 16.0 Å². The fraction of sp³-hybridized carbons (Fsp3) is 0.0476. The lowest BCUT2D eigenvalue weighted by Crippen LogP contribution is -2.19. The van der Waals surface area contributed by atoms with Gasteiger partial charge in [0.2, 0.25) is 11.7 Å². The lowest BCUT2D eigenvalue weighted by Gasteiger charge is -2.17. The average molecular weight is 387 g/mol. The predicted octanol–water partition coefficient (Wildman–Crippen LogP) is 4.34. The number of nitrogens with one attached hydrogen (secondary N) is 2. The largest absolute Gasteiger partial charge is 0.325 e. The van der Waals surface area contributed by atoms with Gasteiger partial charge in [-0.25, -0.2) is 0 Å². The SMILES string of the molecule is O=C(Nc1cccc(-c2nn[nH]n2)c1)C(Sc1ccccc1)c1ccccc1. The number of rotatable bonds is 6. The maximum absolute atomic E-state index is 13.1. The zero-order chi connectivity index (χ0) is 19.2. The van der Waals surface area contributed by atoms with Crippen LogP contribution in [0.5, 0.6) is 0 Å². The lowest BCUT2D eigenvalue weighted by atomic mass is 10.1. The molecule has 1 amide bonds. The second-order valence-electron chi connectivity index (χ2n) is 6.03. The fourth-order valence-corrected chi connectivity index (χ4v) is 3.81. The van der Waals surface area contributed by atoms with Crippen LogP contribution in [0.25, 0.3) is 11.4 Å². The first-order chi connectivity index (χ1) is 13.8. The highest BCUT2D eigenvalue weighted by molar-refractivity contribution is 8.00. The molecule has 0 saturated carbocycles. The van der Waals surface area contributed by atoms with Gasteiger partial charge in [0, 0.05) is 16.1 Å². The Labute approximate surface area is 166 Å². The molecule has 28 heavy (non-hydrogen) atoms. The third-order valence-corrected chi connectivity index (χ3v) is 5.34. The Morgan fingerprint density at radius 1 is 0.929 bits per heavy atom. The summed E-state index contributed by atoms with van der Waals surface area (Å²) in [5, 5.41) is 16.6. The molecule has 1 atom stereocenters. The van der Waals surface area contributed by atoms with Gasteiger partial charge in [-0.1, -0.05) is 60.7 Å². The fourth-order valence-electron chi connectivity index (χ4n) is 2.76. The molecular weight excluding hydrogens is 370 g/mol. The minimum absolute atomic E-state index is 0.0923. The molecule has 2 N–H and O–H groups in total. The first-order valence-corrected chi connectivity index (χ1v) is 9.59. The van der Waals surface area contributed by atoms with Crippen molar-refractivity contribution in [3.05, 3.63) is 90.5 Å². The minimum atomic E-state index is -0.377. The van der Waals surface area contributed by atoms with Crippen LogP contribution in [0.3, 0.4) is 0 Å². The molecule has 0 bridgehead atoms. The Morgan fingerprint density at radius 2 is 1.68 bits per heavy atom. The number of benzene rings is 3. The van der Waals surface area contributed by atoms with E-state index in [9.17, 15) is 4.79 Å². The summed E-state index contributed by atoms with van der Waals surface area (Å²) >= 11 is 1.52. The number of carbonyl (C=O) groups is 1. The zero-order valence-corrected chi connectivity index (χ0v) is 15.6. The number of thioether (sulfide) groups is 1. The summed E-state index contributed by atoms with van der Waals surface area (Å²) in [7, 11) is 0. The van der Waals surface area contributed by atoms with Crippen LogP contribution in [0.4, 0.5) is 5.69 Å². The van der Waals surface area contributed by atoms with Crippen molar-refractivity contribution in [1.29, 1.82) is 0 Å². The summed E-state index contributed by atoms with van der Waals surface area (Å²) in [6.45, 7) is 0. The molecule has 0 aliphatic carbocycles. The van der Waals surface area contributed by atoms with Gasteiger partial charge in [-0.05, 0) is 35.0 Å². The average Bonchev–Trinajstić information content (AvgIpc) is 3.28. The van der Waals surface area contributed by atoms with Gasteiger partial charge in [0.1, 0.15) is 5.25 Å². The Balaban J connectivity index is 1.58. The van der Waals surface area contributed by atoms with E-state index in [1.54, 1.807) is 0 Å². The second kappa shape index (κ2) is 8.49. The van der Waals surface area contributed by atoms with Gasteiger partial charge in [-0.15, -0.1) is 22.0 Å². The normalized spacial score (nSPS) is 11.7. The van der Waals surface area contributed by atoms with Crippen molar-refractivity contribution in [2.24, 2.45) is 0 Å². The summed E-state index contributed by atoms with van der Waals surface area (Å²) in [5.74, 6) is 0.389. The maximum Gasteiger partial charge on any atom is 0.242 e. The van der Waals surface area contributed by atoms with Gasteiger partial charge in [0.15, 0.2) is 0 Å². The number of aromatic nitrogens is 4. The number of amides is 1. The van der Waals surface area contributed by atoms with Crippen molar-refractivity contribution < 1.29 is 4.79 Å². The monoisotopic (exact) mass is 387 g/mol. The van der Waals surface area contributed by atoms with E-state index in [0.29, 0.717) is 11.5 Å². The third-order valence-electron chi connectivity index (χ3n) is 4.07. The third kappa shape index (κ3) is 4.27. The molecular formula is C21H17N5OS. The smallest absolute Gasteiger partial charge is 0.242 e. The molecule has 7 heteroatoms. The summed E-state index contributed by atoms with van der Waals surface area (Å²) in [6.07, 6.45) is 0. The maximum atomic E-state index is 13.1. The van der Waals surface area contributed by atoms with Crippen molar-refractivity contribution in [3.8, 4) is 11.4 Å². The molecule has 0 aliphatic rings. The Morgan fingerprint density at radius 3 is 2.39 bits per heavy atom. The first kappa shape index (κ1) is 17.9. The molecule has 4 aromatic rings. The van der Waals surface area contributed by atoms with Crippen LogP contribution in [0, 0.1) is 0 Å². The van der Waals surface area contributed by atoms with E-state index >= 15 is 0 Å². The number of hydrogen-bond acceptors (Lipinski definition) is 5. The van der Waals surface area contributed by atoms with Crippen LogP contribution in [-0.2, 0) is 4.79 Å². The van der Waals surface area contributed by atoms with Crippen molar-refractivity contribution in [3.63, 3.8) is 0 Å². The molecule has 0 spiro atoms. The van der Waals surface area contributed by atoms with Crippen LogP contribution in [0.2, 0.25) is 0 Å². The summed E-state index contributed by atoms with van der Waals surface area (Å²) in [5.41, 5.74) is 2.41. The highest BCUT2D eigenvalue weighted by Gasteiger charge is 2.22. The number of hydrogen-bond donors (Lipinski definition) is 2. The topological polar surface area (TPSA) is 83.6 Å². The van der Waals surface area contributed by atoms with Gasteiger partial charge in [-0.3, -0.25) is 4.79 Å². The molecule has 1 unspecified atom stereocenters. The van der Waals surface area contributed by atoms with Gasteiger partial charge in [0.25, 0.3) is 0 Å². The molecule has 1 heterocycles. The van der Waals surface area contributed by atoms with E-state index in [1.165, 1.54) is 11.8 Å². The van der Waals surface area contributed by atoms with E-state index in [-0.39, 0.29) is 11.2 Å². The molecule has 1 aromatic heterocycles. The minimum Gasteiger partial charge on any atom is -0.325 e. The van der Waals surface area contributed by atoms with E-state index in [2.05, 4.69) is 25.9 Å². The molecule has 0 radical (unpaired) electrons. The lowest BCUT2D eigenvalue weighted by molar-refractivity contribution is -0.115. The van der Waals surface area contributed by atoms with Crippen molar-refractivity contribution in [1.82, 2.24) is 20.6 Å². The number of anilines is 1. The van der Waals surface area contributed by atoms with Crippen LogP contribution < -0.4 is 5.32 Å². The van der Waals surface area contributed by atoms with Crippen LogP contribution in [0.1, 0.15) is 10.8 Å². The van der Waals surface area contributed by atoms with Crippen molar-refractivity contribution in [2.45, 2.75) is 10.1 Å². The molecule has 0 saturated heterocycles. The number of nitrogens with zero attached hydrogens (tertiary/aromatic N) is 3. The standard InChI is InChI=1S/C21H17N5OS/c27-21(22-17-11-7-10-16(14-17)20-23-25-26-24-20)19(15-8-3-1-4-9-15)28-18-12-5-2-6-13-18/h1-14,19H,(H,22,27)(H,23,24,25,26). The quantitative estimate of drug-likeness (QED) is 0.481. The number of carbonyl (C=O) groups excluding carboxylic acids is 1. The highest BCUT2D eigenvalue weighted by atomic mass is 32.2. The molecule has 4 rings (SSSR count). The molecule has 3 aromatic carbocycles. The van der Waals surface area contributed by atoms with Gasteiger partial charge in [-0.2, -0.15) is 5.21 Å². The summed E-state index contributed by atoms with van der Waals surface area (Å²) < 4.78 is 0. The first-order valence-electron chi connectivity index (χ1n) is 8.71. The summed E-state index contributed by atoms with van der Waals surface area (Å²) in [6, 6.07) is 27.1. The molecule has 6 nitrogen and oxygen atoms in total. The molecule has 0 fully saturated rings. The van der Waals surface area contributed by atoms with Crippen LogP contribution in [-0.4, -0.2) is 26.5 Å². The van der Waals surface area contributed by atoms with E-state index in [1.807, 2.05) is 84.9 Å². The van der Waals surface area contributed by atoms with Crippen molar-refractivity contribution in [2.75, 3.05) is 5.32 Å². The Kier molecular flexibility index (Phi) is 5.44.